The van der Waals surface area contributed by atoms with Crippen molar-refractivity contribution in [1.82, 2.24) is 14.6 Å². The highest BCUT2D eigenvalue weighted by Gasteiger charge is 2.21. The van der Waals surface area contributed by atoms with Crippen LogP contribution in [0, 0.1) is 6.20 Å². The van der Waals surface area contributed by atoms with Crippen molar-refractivity contribution < 1.29 is 4.79 Å². The molecule has 5 heteroatoms. The normalized spacial score (nSPS) is 12.0. The number of aromatic nitrogens is 3. The number of nitrogens with zero attached hydrogens (tertiary/aromatic N) is 3. The van der Waals surface area contributed by atoms with E-state index in [0.29, 0.717) is 22.6 Å². The van der Waals surface area contributed by atoms with Crippen molar-refractivity contribution in [3.05, 3.63) is 28.7 Å². The molecule has 0 N–H and O–H groups in total. The summed E-state index contributed by atoms with van der Waals surface area (Å²) in [5.41, 5.74) is 1.47. The molecule has 83 valence electrons. The first-order valence-electron chi connectivity index (χ1n) is 4.85. The standard InChI is InChI=1S/C11H11ClN3O/c1-11(2,3)8-5-15-10(14-9(8)12)7(6-16)4-13-15/h4,6H,1-3H3. The summed E-state index contributed by atoms with van der Waals surface area (Å²) in [6.07, 6.45) is 5.20. The summed E-state index contributed by atoms with van der Waals surface area (Å²) in [4.78, 5) is 14.9. The lowest BCUT2D eigenvalue weighted by atomic mass is 9.89. The molecule has 0 aromatic carbocycles. The monoisotopic (exact) mass is 236 g/mol. The SMILES string of the molecule is CC(C)(C)c1[c]n2ncc(C=O)c2nc1Cl. The lowest BCUT2D eigenvalue weighted by molar-refractivity contribution is 0.112. The first-order valence-corrected chi connectivity index (χ1v) is 5.23. The predicted molar refractivity (Wildman–Crippen MR) is 60.9 cm³/mol. The van der Waals surface area contributed by atoms with Crippen molar-refractivity contribution in [2.45, 2.75) is 26.2 Å². The van der Waals surface area contributed by atoms with Crippen LogP contribution in [-0.2, 0) is 5.41 Å². The molecule has 2 heterocycles. The largest absolute Gasteiger partial charge is 0.298 e. The van der Waals surface area contributed by atoms with Gasteiger partial charge in [0.05, 0.1) is 11.8 Å². The van der Waals surface area contributed by atoms with E-state index < -0.39 is 0 Å². The number of rotatable bonds is 1. The Morgan fingerprint density at radius 2 is 2.19 bits per heavy atom. The molecule has 16 heavy (non-hydrogen) atoms. The van der Waals surface area contributed by atoms with Crippen LogP contribution in [0.25, 0.3) is 5.65 Å². The molecule has 0 saturated heterocycles. The van der Waals surface area contributed by atoms with Crippen LogP contribution in [0.4, 0.5) is 0 Å². The molecule has 4 nitrogen and oxygen atoms in total. The van der Waals surface area contributed by atoms with Crippen LogP contribution in [-0.4, -0.2) is 20.9 Å². The fourth-order valence-corrected chi connectivity index (χ4v) is 1.82. The lowest BCUT2D eigenvalue weighted by Gasteiger charge is -2.19. The molecular weight excluding hydrogens is 226 g/mol. The zero-order valence-corrected chi connectivity index (χ0v) is 10.0. The van der Waals surface area contributed by atoms with Gasteiger partial charge in [0.25, 0.3) is 0 Å². The van der Waals surface area contributed by atoms with Gasteiger partial charge in [-0.05, 0) is 5.41 Å². The van der Waals surface area contributed by atoms with Crippen LogP contribution in [0.2, 0.25) is 5.15 Å². The number of aldehydes is 1. The quantitative estimate of drug-likeness (QED) is 0.564. The molecule has 0 aliphatic carbocycles. The highest BCUT2D eigenvalue weighted by molar-refractivity contribution is 6.30. The molecule has 0 fully saturated rings. The number of fused-ring (bicyclic) bond motifs is 1. The summed E-state index contributed by atoms with van der Waals surface area (Å²) in [6.45, 7) is 6.05. The van der Waals surface area contributed by atoms with E-state index in [1.54, 1.807) is 0 Å². The summed E-state index contributed by atoms with van der Waals surface area (Å²) >= 11 is 6.07. The Morgan fingerprint density at radius 1 is 1.50 bits per heavy atom. The highest BCUT2D eigenvalue weighted by Crippen LogP contribution is 2.27. The average molecular weight is 237 g/mol. The molecule has 1 radical (unpaired) electrons. The Balaban J connectivity index is 2.74. The molecule has 2 aromatic rings. The van der Waals surface area contributed by atoms with Crippen LogP contribution in [0.1, 0.15) is 36.7 Å². The van der Waals surface area contributed by atoms with Gasteiger partial charge in [-0.1, -0.05) is 32.4 Å². The Bertz CT molecular complexity index is 554. The summed E-state index contributed by atoms with van der Waals surface area (Å²) in [5, 5.41) is 4.38. The van der Waals surface area contributed by atoms with Gasteiger partial charge >= 0.3 is 0 Å². The van der Waals surface area contributed by atoms with Gasteiger partial charge in [0.1, 0.15) is 11.3 Å². The maximum Gasteiger partial charge on any atom is 0.167 e. The molecule has 0 aliphatic rings. The van der Waals surface area contributed by atoms with Gasteiger partial charge in [0.2, 0.25) is 0 Å². The summed E-state index contributed by atoms with van der Waals surface area (Å²) in [6, 6.07) is 0. The minimum absolute atomic E-state index is 0.161. The smallest absolute Gasteiger partial charge is 0.167 e. The van der Waals surface area contributed by atoms with E-state index >= 15 is 0 Å². The number of carbonyl (C=O) groups is 1. The van der Waals surface area contributed by atoms with E-state index in [4.69, 9.17) is 11.6 Å². The van der Waals surface area contributed by atoms with E-state index in [0.717, 1.165) is 5.56 Å². The number of hydrogen-bond acceptors (Lipinski definition) is 3. The Morgan fingerprint density at radius 3 is 2.75 bits per heavy atom. The van der Waals surface area contributed by atoms with Gasteiger partial charge < -0.3 is 0 Å². The van der Waals surface area contributed by atoms with Crippen molar-refractivity contribution in [3.63, 3.8) is 0 Å². The van der Waals surface area contributed by atoms with E-state index in [1.165, 1.54) is 10.7 Å². The molecule has 0 amide bonds. The molecule has 0 bridgehead atoms. The van der Waals surface area contributed by atoms with E-state index in [2.05, 4.69) is 16.3 Å². The number of carbonyl (C=O) groups excluding carboxylic acids is 1. The minimum atomic E-state index is -0.161. The maximum absolute atomic E-state index is 10.7. The second kappa shape index (κ2) is 3.56. The molecular formula is C11H11ClN3O. The third kappa shape index (κ3) is 1.69. The second-order valence-corrected chi connectivity index (χ2v) is 4.95. The van der Waals surface area contributed by atoms with E-state index in [-0.39, 0.29) is 5.41 Å². The number of hydrogen-bond donors (Lipinski definition) is 0. The maximum atomic E-state index is 10.7. The van der Waals surface area contributed by atoms with Gasteiger partial charge in [-0.2, -0.15) is 5.10 Å². The number of halogens is 1. The second-order valence-electron chi connectivity index (χ2n) is 4.59. The zero-order valence-electron chi connectivity index (χ0n) is 9.28. The van der Waals surface area contributed by atoms with Gasteiger partial charge in [-0.3, -0.25) is 4.79 Å². The topological polar surface area (TPSA) is 47.3 Å². The third-order valence-corrected chi connectivity index (χ3v) is 2.55. The summed E-state index contributed by atoms with van der Waals surface area (Å²) < 4.78 is 1.45. The third-order valence-electron chi connectivity index (χ3n) is 2.28. The van der Waals surface area contributed by atoms with Crippen molar-refractivity contribution in [2.24, 2.45) is 0 Å². The highest BCUT2D eigenvalue weighted by atomic mass is 35.5. The van der Waals surface area contributed by atoms with E-state index in [9.17, 15) is 4.79 Å². The average Bonchev–Trinajstić information content (AvgIpc) is 2.57. The molecule has 2 aromatic heterocycles. The van der Waals surface area contributed by atoms with Gasteiger partial charge in [0, 0.05) is 5.56 Å². The van der Waals surface area contributed by atoms with Gasteiger partial charge in [-0.15, -0.1) is 0 Å². The van der Waals surface area contributed by atoms with Gasteiger partial charge in [-0.25, -0.2) is 9.50 Å². The summed E-state index contributed by atoms with van der Waals surface area (Å²) in [5.74, 6) is 0. The molecule has 0 aliphatic heterocycles. The first-order chi connectivity index (χ1) is 7.43. The van der Waals surface area contributed by atoms with Crippen molar-refractivity contribution in [3.8, 4) is 0 Å². The van der Waals surface area contributed by atoms with Crippen molar-refractivity contribution in [2.75, 3.05) is 0 Å². The van der Waals surface area contributed by atoms with Crippen LogP contribution in [0.3, 0.4) is 0 Å². The molecule has 0 atom stereocenters. The van der Waals surface area contributed by atoms with Crippen LogP contribution < -0.4 is 0 Å². The fraction of sp³-hybridized carbons (Fsp3) is 0.364. The van der Waals surface area contributed by atoms with Crippen molar-refractivity contribution >= 4 is 23.5 Å². The Hall–Kier alpha value is -1.42. The predicted octanol–water partition coefficient (Wildman–Crippen LogP) is 2.29. The van der Waals surface area contributed by atoms with Crippen LogP contribution in [0.15, 0.2) is 6.20 Å². The summed E-state index contributed by atoms with van der Waals surface area (Å²) in [7, 11) is 0. The zero-order chi connectivity index (χ0) is 11.9. The lowest BCUT2D eigenvalue weighted by Crippen LogP contribution is -2.14. The van der Waals surface area contributed by atoms with Crippen LogP contribution >= 0.6 is 11.6 Å². The molecule has 0 saturated carbocycles. The van der Waals surface area contributed by atoms with Crippen LogP contribution in [0.5, 0.6) is 0 Å². The molecule has 0 spiro atoms. The Kier molecular flexibility index (Phi) is 2.46. The first kappa shape index (κ1) is 11.1. The minimum Gasteiger partial charge on any atom is -0.298 e. The molecule has 0 unspecified atom stereocenters. The fourth-order valence-electron chi connectivity index (χ4n) is 1.41. The Labute approximate surface area is 98.2 Å². The molecule has 2 rings (SSSR count). The van der Waals surface area contributed by atoms with Crippen molar-refractivity contribution in [1.29, 1.82) is 0 Å². The van der Waals surface area contributed by atoms with Gasteiger partial charge in [0.15, 0.2) is 11.9 Å². The van der Waals surface area contributed by atoms with E-state index in [1.807, 2.05) is 20.8 Å².